The zero-order valence-corrected chi connectivity index (χ0v) is 20.5. The van der Waals surface area contributed by atoms with Crippen molar-refractivity contribution < 1.29 is 14.4 Å². The van der Waals surface area contributed by atoms with Gasteiger partial charge in [0.2, 0.25) is 17.7 Å². The smallest absolute Gasteiger partial charge is 0.242 e. The van der Waals surface area contributed by atoms with E-state index in [0.717, 1.165) is 44.9 Å². The highest BCUT2D eigenvalue weighted by Crippen LogP contribution is 2.10. The van der Waals surface area contributed by atoms with Crippen LogP contribution in [0.2, 0.25) is 0 Å². The van der Waals surface area contributed by atoms with Crippen molar-refractivity contribution in [3.8, 4) is 0 Å². The first kappa shape index (κ1) is 29.4. The van der Waals surface area contributed by atoms with E-state index in [2.05, 4.69) is 36.7 Å². The molecule has 6 heteroatoms. The first-order valence-electron chi connectivity index (χ1n) is 12.9. The lowest BCUT2D eigenvalue weighted by Crippen LogP contribution is -2.47. The second kappa shape index (κ2) is 21.6. The maximum absolute atomic E-state index is 12.5. The van der Waals surface area contributed by atoms with Crippen LogP contribution < -0.4 is 16.0 Å². The van der Waals surface area contributed by atoms with E-state index in [1.54, 1.807) is 0 Å². The number of rotatable bonds is 21. The van der Waals surface area contributed by atoms with Gasteiger partial charge in [-0.05, 0) is 25.7 Å². The summed E-state index contributed by atoms with van der Waals surface area (Å²) < 4.78 is 0. The van der Waals surface area contributed by atoms with Gasteiger partial charge in [-0.3, -0.25) is 14.4 Å². The molecule has 6 nitrogen and oxygen atoms in total. The Bertz CT molecular complexity index is 469. The molecule has 0 aliphatic carbocycles. The predicted molar refractivity (Wildman–Crippen MR) is 129 cm³/mol. The van der Waals surface area contributed by atoms with Gasteiger partial charge in [0.1, 0.15) is 6.04 Å². The van der Waals surface area contributed by atoms with Crippen molar-refractivity contribution in [1.82, 2.24) is 16.0 Å². The molecule has 0 aromatic heterocycles. The van der Waals surface area contributed by atoms with E-state index in [0.29, 0.717) is 25.9 Å². The summed E-state index contributed by atoms with van der Waals surface area (Å²) in [6, 6.07) is -0.639. The molecular weight excluding hydrogens is 390 g/mol. The van der Waals surface area contributed by atoms with E-state index in [1.165, 1.54) is 38.5 Å². The average molecular weight is 440 g/mol. The van der Waals surface area contributed by atoms with Gasteiger partial charge in [0, 0.05) is 25.9 Å². The molecule has 0 saturated heterocycles. The first-order chi connectivity index (χ1) is 15.0. The Kier molecular flexibility index (Phi) is 20.5. The minimum absolute atomic E-state index is 0.0620. The Morgan fingerprint density at radius 3 is 1.68 bits per heavy atom. The molecule has 0 spiro atoms. The molecule has 31 heavy (non-hydrogen) atoms. The Labute approximate surface area is 191 Å². The van der Waals surface area contributed by atoms with Gasteiger partial charge in [0.05, 0.1) is 0 Å². The van der Waals surface area contributed by atoms with Crippen molar-refractivity contribution in [1.29, 1.82) is 0 Å². The molecule has 0 aliphatic rings. The standard InChI is InChI=1S/C25H49N3O3/c1-4-7-10-11-12-13-14-15-16-17-24(30)28-22(25(31)27-21-9-6-3)18-19-23(29)26-20-8-5-2/h22H,4-21H2,1-3H3,(H,26,29)(H,27,31)(H,28,30). The van der Waals surface area contributed by atoms with Gasteiger partial charge in [-0.2, -0.15) is 0 Å². The van der Waals surface area contributed by atoms with Gasteiger partial charge in [-0.25, -0.2) is 0 Å². The lowest BCUT2D eigenvalue weighted by Gasteiger charge is -2.18. The van der Waals surface area contributed by atoms with E-state index in [1.807, 2.05) is 0 Å². The molecule has 0 bridgehead atoms. The fourth-order valence-electron chi connectivity index (χ4n) is 3.41. The number of nitrogens with one attached hydrogen (secondary N) is 3. The summed E-state index contributed by atoms with van der Waals surface area (Å²) in [5.41, 5.74) is 0. The molecular formula is C25H49N3O3. The third kappa shape index (κ3) is 18.9. The van der Waals surface area contributed by atoms with Crippen molar-refractivity contribution in [3.63, 3.8) is 0 Å². The van der Waals surface area contributed by atoms with Gasteiger partial charge in [-0.15, -0.1) is 0 Å². The Hall–Kier alpha value is -1.59. The summed E-state index contributed by atoms with van der Waals surface area (Å²) in [6.45, 7) is 7.63. The number of carbonyl (C=O) groups is 3. The van der Waals surface area contributed by atoms with Gasteiger partial charge >= 0.3 is 0 Å². The SMILES string of the molecule is CCCCCCCCCCCC(=O)NC(CCC(=O)NCCCC)C(=O)NCCCC. The normalized spacial score (nSPS) is 11.7. The van der Waals surface area contributed by atoms with Crippen LogP contribution in [-0.2, 0) is 14.4 Å². The summed E-state index contributed by atoms with van der Waals surface area (Å²) in [5.74, 6) is -0.340. The molecule has 0 saturated carbocycles. The molecule has 1 atom stereocenters. The highest BCUT2D eigenvalue weighted by atomic mass is 16.2. The van der Waals surface area contributed by atoms with Crippen LogP contribution in [-0.4, -0.2) is 36.9 Å². The Morgan fingerprint density at radius 2 is 1.10 bits per heavy atom. The van der Waals surface area contributed by atoms with E-state index in [4.69, 9.17) is 0 Å². The highest BCUT2D eigenvalue weighted by Gasteiger charge is 2.21. The second-order valence-electron chi connectivity index (χ2n) is 8.59. The van der Waals surface area contributed by atoms with Crippen LogP contribution >= 0.6 is 0 Å². The Balaban J connectivity index is 4.23. The minimum atomic E-state index is -0.639. The molecule has 0 aromatic rings. The maximum Gasteiger partial charge on any atom is 0.242 e. The quantitative estimate of drug-likeness (QED) is 0.220. The number of amides is 3. The van der Waals surface area contributed by atoms with Crippen molar-refractivity contribution in [2.24, 2.45) is 0 Å². The minimum Gasteiger partial charge on any atom is -0.356 e. The van der Waals surface area contributed by atoms with Crippen molar-refractivity contribution in [3.05, 3.63) is 0 Å². The fourth-order valence-corrected chi connectivity index (χ4v) is 3.41. The molecule has 3 amide bonds. The monoisotopic (exact) mass is 439 g/mol. The van der Waals surface area contributed by atoms with Gasteiger partial charge in [-0.1, -0.05) is 85.0 Å². The highest BCUT2D eigenvalue weighted by molar-refractivity contribution is 5.88. The predicted octanol–water partition coefficient (Wildman–Crippen LogP) is 5.00. The third-order valence-electron chi connectivity index (χ3n) is 5.50. The number of hydrogen-bond acceptors (Lipinski definition) is 3. The summed E-state index contributed by atoms with van der Waals surface area (Å²) in [5, 5.41) is 8.62. The third-order valence-corrected chi connectivity index (χ3v) is 5.50. The van der Waals surface area contributed by atoms with Crippen LogP contribution in [0.1, 0.15) is 124 Å². The first-order valence-corrected chi connectivity index (χ1v) is 12.9. The van der Waals surface area contributed by atoms with Gasteiger partial charge in [0.25, 0.3) is 0 Å². The molecule has 0 fully saturated rings. The number of unbranched alkanes of at least 4 members (excludes halogenated alkanes) is 10. The largest absolute Gasteiger partial charge is 0.356 e. The average Bonchev–Trinajstić information content (AvgIpc) is 2.75. The molecule has 0 heterocycles. The summed E-state index contributed by atoms with van der Waals surface area (Å²) >= 11 is 0. The summed E-state index contributed by atoms with van der Waals surface area (Å²) in [6.07, 6.45) is 15.7. The second-order valence-corrected chi connectivity index (χ2v) is 8.59. The number of carbonyl (C=O) groups excluding carboxylic acids is 3. The van der Waals surface area contributed by atoms with Gasteiger partial charge < -0.3 is 16.0 Å². The van der Waals surface area contributed by atoms with Gasteiger partial charge in [0.15, 0.2) is 0 Å². The van der Waals surface area contributed by atoms with Crippen LogP contribution in [0.4, 0.5) is 0 Å². The zero-order chi connectivity index (χ0) is 23.2. The molecule has 0 aliphatic heterocycles. The van der Waals surface area contributed by atoms with Crippen molar-refractivity contribution in [2.45, 2.75) is 130 Å². The van der Waals surface area contributed by atoms with Crippen molar-refractivity contribution in [2.75, 3.05) is 13.1 Å². The molecule has 3 N–H and O–H groups in total. The maximum atomic E-state index is 12.5. The van der Waals surface area contributed by atoms with E-state index >= 15 is 0 Å². The summed E-state index contributed by atoms with van der Waals surface area (Å²) in [7, 11) is 0. The van der Waals surface area contributed by atoms with Crippen LogP contribution in [0.3, 0.4) is 0 Å². The molecule has 1 unspecified atom stereocenters. The van der Waals surface area contributed by atoms with Crippen molar-refractivity contribution >= 4 is 17.7 Å². The molecule has 0 rings (SSSR count). The topological polar surface area (TPSA) is 87.3 Å². The zero-order valence-electron chi connectivity index (χ0n) is 20.5. The Morgan fingerprint density at radius 1 is 0.581 bits per heavy atom. The van der Waals surface area contributed by atoms with Crippen LogP contribution in [0.25, 0.3) is 0 Å². The molecule has 182 valence electrons. The van der Waals surface area contributed by atoms with Crippen LogP contribution in [0.5, 0.6) is 0 Å². The molecule has 0 aromatic carbocycles. The fraction of sp³-hybridized carbons (Fsp3) is 0.880. The van der Waals surface area contributed by atoms with E-state index < -0.39 is 6.04 Å². The number of hydrogen-bond donors (Lipinski definition) is 3. The van der Waals surface area contributed by atoms with Crippen LogP contribution in [0, 0.1) is 0 Å². The summed E-state index contributed by atoms with van der Waals surface area (Å²) in [4.78, 5) is 36.8. The lowest BCUT2D eigenvalue weighted by molar-refractivity contribution is -0.129. The van der Waals surface area contributed by atoms with E-state index in [9.17, 15) is 14.4 Å². The van der Waals surface area contributed by atoms with Crippen LogP contribution in [0.15, 0.2) is 0 Å². The van der Waals surface area contributed by atoms with E-state index in [-0.39, 0.29) is 24.1 Å². The lowest BCUT2D eigenvalue weighted by atomic mass is 10.1. The molecule has 0 radical (unpaired) electrons.